The first-order chi connectivity index (χ1) is 10.1. The van der Waals surface area contributed by atoms with Gasteiger partial charge in [0.15, 0.2) is 0 Å². The lowest BCUT2D eigenvalue weighted by Crippen LogP contribution is -2.23. The Labute approximate surface area is 127 Å². The van der Waals surface area contributed by atoms with E-state index in [1.807, 2.05) is 18.8 Å². The Hall–Kier alpha value is -1.62. The Morgan fingerprint density at radius 1 is 1.10 bits per heavy atom. The van der Waals surface area contributed by atoms with E-state index in [9.17, 15) is 0 Å². The molecule has 2 heterocycles. The van der Waals surface area contributed by atoms with Crippen LogP contribution < -0.4 is 5.32 Å². The highest BCUT2D eigenvalue weighted by atomic mass is 15.3. The van der Waals surface area contributed by atoms with Gasteiger partial charge in [-0.3, -0.25) is 9.36 Å². The molecule has 1 atom stereocenters. The van der Waals surface area contributed by atoms with E-state index in [2.05, 4.69) is 53.1 Å². The first-order valence-corrected chi connectivity index (χ1v) is 7.88. The largest absolute Gasteiger partial charge is 0.311 e. The summed E-state index contributed by atoms with van der Waals surface area (Å²) < 4.78 is 4.10. The smallest absolute Gasteiger partial charge is 0.0625 e. The predicted molar refractivity (Wildman–Crippen MR) is 85.4 cm³/mol. The summed E-state index contributed by atoms with van der Waals surface area (Å²) >= 11 is 0. The van der Waals surface area contributed by atoms with Crippen molar-refractivity contribution in [3.05, 3.63) is 34.9 Å². The maximum absolute atomic E-state index is 4.64. The van der Waals surface area contributed by atoms with E-state index in [0.717, 1.165) is 31.5 Å². The number of hydrogen-bond acceptors (Lipinski definition) is 3. The number of nitrogens with zero attached hydrogens (tertiary/aromatic N) is 4. The van der Waals surface area contributed by atoms with Crippen molar-refractivity contribution < 1.29 is 0 Å². The van der Waals surface area contributed by atoms with Gasteiger partial charge < -0.3 is 5.32 Å². The molecule has 0 aliphatic carbocycles. The summed E-state index contributed by atoms with van der Waals surface area (Å²) in [6.07, 6.45) is 2.88. The van der Waals surface area contributed by atoms with Crippen LogP contribution in [0, 0.1) is 0 Å². The second-order valence-corrected chi connectivity index (χ2v) is 5.38. The molecule has 0 aliphatic rings. The van der Waals surface area contributed by atoms with Crippen LogP contribution in [0.3, 0.4) is 0 Å². The molecule has 2 aromatic heterocycles. The van der Waals surface area contributed by atoms with Crippen molar-refractivity contribution in [3.63, 3.8) is 0 Å². The lowest BCUT2D eigenvalue weighted by molar-refractivity contribution is 0.508. The Bertz CT molecular complexity index is 582. The summed E-state index contributed by atoms with van der Waals surface area (Å²) in [6.45, 7) is 7.34. The van der Waals surface area contributed by atoms with Crippen LogP contribution in [0.15, 0.2) is 12.1 Å². The number of nitrogens with one attached hydrogen (secondary N) is 1. The van der Waals surface area contributed by atoms with E-state index in [0.29, 0.717) is 0 Å². The third-order valence-corrected chi connectivity index (χ3v) is 4.02. The van der Waals surface area contributed by atoms with Gasteiger partial charge >= 0.3 is 0 Å². The fraction of sp³-hybridized carbons (Fsp3) is 0.625. The molecule has 0 aliphatic heterocycles. The van der Waals surface area contributed by atoms with Gasteiger partial charge in [0.1, 0.15) is 0 Å². The van der Waals surface area contributed by atoms with Gasteiger partial charge in [-0.25, -0.2) is 0 Å². The zero-order valence-corrected chi connectivity index (χ0v) is 13.8. The molecule has 0 radical (unpaired) electrons. The van der Waals surface area contributed by atoms with E-state index in [1.165, 1.54) is 17.1 Å². The summed E-state index contributed by atoms with van der Waals surface area (Å²) in [5, 5.41) is 12.6. The summed E-state index contributed by atoms with van der Waals surface area (Å²) in [5.74, 6) is 0. The van der Waals surface area contributed by atoms with Crippen LogP contribution >= 0.6 is 0 Å². The molecule has 2 rings (SSSR count). The van der Waals surface area contributed by atoms with Crippen LogP contribution in [0.2, 0.25) is 0 Å². The average Bonchev–Trinajstić information content (AvgIpc) is 3.07. The summed E-state index contributed by atoms with van der Waals surface area (Å²) in [7, 11) is 4.03. The van der Waals surface area contributed by atoms with Crippen molar-refractivity contribution in [1.29, 1.82) is 0 Å². The first kappa shape index (κ1) is 15.8. The highest BCUT2D eigenvalue weighted by molar-refractivity contribution is 5.19. The van der Waals surface area contributed by atoms with Gasteiger partial charge in [0.05, 0.1) is 23.1 Å². The second-order valence-electron chi connectivity index (χ2n) is 5.38. The van der Waals surface area contributed by atoms with Crippen molar-refractivity contribution in [2.45, 2.75) is 52.6 Å². The molecule has 1 N–H and O–H groups in total. The van der Waals surface area contributed by atoms with Crippen LogP contribution in [0.25, 0.3) is 0 Å². The van der Waals surface area contributed by atoms with Crippen LogP contribution in [0.4, 0.5) is 0 Å². The lowest BCUT2D eigenvalue weighted by Gasteiger charge is -2.17. The molecule has 5 nitrogen and oxygen atoms in total. The maximum atomic E-state index is 4.64. The van der Waals surface area contributed by atoms with Gasteiger partial charge in [-0.1, -0.05) is 13.8 Å². The van der Waals surface area contributed by atoms with E-state index in [-0.39, 0.29) is 6.04 Å². The molecule has 0 amide bonds. The van der Waals surface area contributed by atoms with E-state index < -0.39 is 0 Å². The number of aryl methyl sites for hydroxylation is 4. The van der Waals surface area contributed by atoms with Crippen molar-refractivity contribution in [2.24, 2.45) is 7.05 Å². The standard InChI is InChI=1S/C16H27N5/c1-6-12-9-14(21(8-3)19-12)11-15(17-4)16-10-13(7-2)18-20(16)5/h9-10,15,17H,6-8,11H2,1-5H3. The molecular formula is C16H27N5. The fourth-order valence-electron chi connectivity index (χ4n) is 2.73. The second kappa shape index (κ2) is 6.89. The van der Waals surface area contributed by atoms with E-state index in [4.69, 9.17) is 0 Å². The highest BCUT2D eigenvalue weighted by Gasteiger charge is 2.18. The topological polar surface area (TPSA) is 47.7 Å². The molecule has 0 saturated carbocycles. The van der Waals surface area contributed by atoms with Gasteiger partial charge in [0, 0.05) is 25.7 Å². The van der Waals surface area contributed by atoms with E-state index >= 15 is 0 Å². The molecular weight excluding hydrogens is 262 g/mol. The minimum absolute atomic E-state index is 0.259. The SMILES string of the molecule is CCc1cc(C(Cc2cc(CC)nn2CC)NC)n(C)n1. The van der Waals surface area contributed by atoms with Gasteiger partial charge in [-0.05, 0) is 38.9 Å². The summed E-state index contributed by atoms with van der Waals surface area (Å²) in [4.78, 5) is 0. The number of aromatic nitrogens is 4. The van der Waals surface area contributed by atoms with Crippen molar-refractivity contribution >= 4 is 0 Å². The number of rotatable bonds is 7. The number of likely N-dealkylation sites (N-methyl/N-ethyl adjacent to an activating group) is 1. The zero-order valence-electron chi connectivity index (χ0n) is 13.8. The quantitative estimate of drug-likeness (QED) is 0.850. The van der Waals surface area contributed by atoms with Gasteiger partial charge in [-0.2, -0.15) is 10.2 Å². The first-order valence-electron chi connectivity index (χ1n) is 7.88. The predicted octanol–water partition coefficient (Wildman–Crippen LogP) is 2.26. The van der Waals surface area contributed by atoms with Crippen LogP contribution in [-0.4, -0.2) is 26.6 Å². The van der Waals surface area contributed by atoms with E-state index in [1.54, 1.807) is 0 Å². The van der Waals surface area contributed by atoms with Crippen molar-refractivity contribution in [1.82, 2.24) is 24.9 Å². The maximum Gasteiger partial charge on any atom is 0.0625 e. The normalized spacial score (nSPS) is 12.8. The molecule has 0 aromatic carbocycles. The molecule has 116 valence electrons. The molecule has 5 heteroatoms. The molecule has 1 unspecified atom stereocenters. The highest BCUT2D eigenvalue weighted by Crippen LogP contribution is 2.20. The molecule has 0 spiro atoms. The summed E-state index contributed by atoms with van der Waals surface area (Å²) in [5.41, 5.74) is 4.83. The van der Waals surface area contributed by atoms with Crippen LogP contribution in [0.1, 0.15) is 49.6 Å². The fourth-order valence-corrected chi connectivity index (χ4v) is 2.73. The molecule has 0 saturated heterocycles. The van der Waals surface area contributed by atoms with Crippen molar-refractivity contribution in [3.8, 4) is 0 Å². The molecule has 2 aromatic rings. The Balaban J connectivity index is 2.26. The monoisotopic (exact) mass is 289 g/mol. The summed E-state index contributed by atoms with van der Waals surface area (Å²) in [6, 6.07) is 4.69. The molecule has 0 fully saturated rings. The zero-order chi connectivity index (χ0) is 15.4. The van der Waals surface area contributed by atoms with Gasteiger partial charge in [-0.15, -0.1) is 0 Å². The molecule has 21 heavy (non-hydrogen) atoms. The third-order valence-electron chi connectivity index (χ3n) is 4.02. The van der Waals surface area contributed by atoms with Gasteiger partial charge in [0.25, 0.3) is 0 Å². The Morgan fingerprint density at radius 3 is 2.29 bits per heavy atom. The van der Waals surface area contributed by atoms with Gasteiger partial charge in [0.2, 0.25) is 0 Å². The molecule has 0 bridgehead atoms. The number of hydrogen-bond donors (Lipinski definition) is 1. The van der Waals surface area contributed by atoms with Crippen molar-refractivity contribution in [2.75, 3.05) is 7.05 Å². The van der Waals surface area contributed by atoms with Crippen LogP contribution in [0.5, 0.6) is 0 Å². The Kier molecular flexibility index (Phi) is 5.17. The lowest BCUT2D eigenvalue weighted by atomic mass is 10.1. The van der Waals surface area contributed by atoms with Crippen LogP contribution in [-0.2, 0) is 32.9 Å². The minimum atomic E-state index is 0.259. The average molecular weight is 289 g/mol. The third kappa shape index (κ3) is 3.35. The minimum Gasteiger partial charge on any atom is -0.311 e. The Morgan fingerprint density at radius 2 is 1.76 bits per heavy atom.